The first kappa shape index (κ1) is 21.2. The minimum absolute atomic E-state index is 0. The zero-order valence-electron chi connectivity index (χ0n) is 16.8. The van der Waals surface area contributed by atoms with Gasteiger partial charge in [-0.25, -0.2) is 9.98 Å². The molecule has 0 spiro atoms. The van der Waals surface area contributed by atoms with Gasteiger partial charge in [-0.05, 0) is 37.1 Å². The molecule has 0 unspecified atom stereocenters. The van der Waals surface area contributed by atoms with E-state index in [9.17, 15) is 0 Å². The maximum absolute atomic E-state index is 4.72. The number of nitrogens with zero attached hydrogens (tertiary/aromatic N) is 3. The largest absolute Gasteiger partial charge is 0.361 e. The van der Waals surface area contributed by atoms with Crippen molar-refractivity contribution >= 4 is 51.9 Å². The van der Waals surface area contributed by atoms with Crippen LogP contribution in [0.15, 0.2) is 59.7 Å². The molecule has 7 heteroatoms. The number of nitrogens with one attached hydrogen (secondary N) is 3. The average Bonchev–Trinajstić information content (AvgIpc) is 3.28. The minimum atomic E-state index is 0. The van der Waals surface area contributed by atoms with Crippen LogP contribution >= 0.6 is 24.0 Å². The lowest BCUT2D eigenvalue weighted by molar-refractivity contribution is 0.773. The summed E-state index contributed by atoms with van der Waals surface area (Å²) in [6.07, 6.45) is 3.02. The highest BCUT2D eigenvalue weighted by Crippen LogP contribution is 2.17. The number of para-hydroxylation sites is 3. The third-order valence-corrected chi connectivity index (χ3v) is 4.96. The molecule has 29 heavy (non-hydrogen) atoms. The Morgan fingerprint density at radius 3 is 2.72 bits per heavy atom. The number of benzene rings is 2. The number of hydrogen-bond acceptors (Lipinski definition) is 2. The predicted molar refractivity (Wildman–Crippen MR) is 131 cm³/mol. The van der Waals surface area contributed by atoms with Crippen LogP contribution in [0.4, 0.5) is 0 Å². The van der Waals surface area contributed by atoms with Crippen molar-refractivity contribution in [3.05, 3.63) is 66.1 Å². The van der Waals surface area contributed by atoms with E-state index < -0.39 is 0 Å². The van der Waals surface area contributed by atoms with E-state index in [1.54, 1.807) is 0 Å². The number of H-pyrrole nitrogens is 1. The smallest absolute Gasteiger partial charge is 0.191 e. The number of aryl methyl sites for hydroxylation is 1. The first-order valence-corrected chi connectivity index (χ1v) is 9.73. The molecule has 0 aliphatic heterocycles. The van der Waals surface area contributed by atoms with Gasteiger partial charge in [0.2, 0.25) is 0 Å². The van der Waals surface area contributed by atoms with Crippen LogP contribution in [-0.4, -0.2) is 33.6 Å². The molecule has 0 bridgehead atoms. The van der Waals surface area contributed by atoms with Crippen LogP contribution in [0, 0.1) is 0 Å². The highest BCUT2D eigenvalue weighted by atomic mass is 127. The van der Waals surface area contributed by atoms with Crippen LogP contribution < -0.4 is 10.6 Å². The molecule has 0 radical (unpaired) electrons. The van der Waals surface area contributed by atoms with Crippen molar-refractivity contribution in [1.82, 2.24) is 25.2 Å². The molecule has 0 aliphatic carbocycles. The lowest BCUT2D eigenvalue weighted by Crippen LogP contribution is -2.38. The van der Waals surface area contributed by atoms with E-state index in [4.69, 9.17) is 9.98 Å². The van der Waals surface area contributed by atoms with Gasteiger partial charge in [0, 0.05) is 37.2 Å². The third kappa shape index (κ3) is 4.72. The summed E-state index contributed by atoms with van der Waals surface area (Å²) in [6.45, 7) is 4.25. The molecule has 4 rings (SSSR count). The van der Waals surface area contributed by atoms with Gasteiger partial charge in [-0.2, -0.15) is 0 Å². The quantitative estimate of drug-likeness (QED) is 0.212. The summed E-state index contributed by atoms with van der Waals surface area (Å²) < 4.78 is 2.11. The molecule has 0 saturated carbocycles. The van der Waals surface area contributed by atoms with Gasteiger partial charge in [0.25, 0.3) is 0 Å². The van der Waals surface area contributed by atoms with Crippen LogP contribution in [-0.2, 0) is 20.0 Å². The normalized spacial score (nSPS) is 11.6. The Balaban J connectivity index is 0.00000240. The summed E-state index contributed by atoms with van der Waals surface area (Å²) in [4.78, 5) is 12.8. The van der Waals surface area contributed by atoms with Gasteiger partial charge in [0.05, 0.1) is 11.0 Å². The number of guanidine groups is 1. The Kier molecular flexibility index (Phi) is 7.13. The maximum atomic E-state index is 4.72. The summed E-state index contributed by atoms with van der Waals surface area (Å²) in [6, 6.07) is 16.6. The zero-order chi connectivity index (χ0) is 19.3. The summed E-state index contributed by atoms with van der Waals surface area (Å²) in [5.74, 6) is 1.77. The van der Waals surface area contributed by atoms with E-state index in [2.05, 4.69) is 63.6 Å². The van der Waals surface area contributed by atoms with Crippen molar-refractivity contribution in [2.24, 2.45) is 12.0 Å². The van der Waals surface area contributed by atoms with Crippen molar-refractivity contribution in [2.45, 2.75) is 19.9 Å². The lowest BCUT2D eigenvalue weighted by atomic mass is 10.1. The number of aromatic amines is 1. The van der Waals surface area contributed by atoms with E-state index in [-0.39, 0.29) is 24.0 Å². The Morgan fingerprint density at radius 2 is 1.90 bits per heavy atom. The monoisotopic (exact) mass is 502 g/mol. The van der Waals surface area contributed by atoms with E-state index >= 15 is 0 Å². The molecular weight excluding hydrogens is 475 g/mol. The molecule has 0 saturated heterocycles. The van der Waals surface area contributed by atoms with Crippen molar-refractivity contribution in [2.75, 3.05) is 13.1 Å². The molecule has 2 heterocycles. The van der Waals surface area contributed by atoms with Gasteiger partial charge in [-0.3, -0.25) is 0 Å². The van der Waals surface area contributed by atoms with Crippen molar-refractivity contribution < 1.29 is 0 Å². The summed E-state index contributed by atoms with van der Waals surface area (Å²) >= 11 is 0. The standard InChI is InChI=1S/C22H26N6.HI/c1-3-23-22(24-13-12-16-14-25-18-9-5-4-8-17(16)18)26-15-21-27-19-10-6-7-11-20(19)28(21)2;/h4-11,14,25H,3,12-13,15H2,1-2H3,(H2,23,24,26);1H. The fourth-order valence-corrected chi connectivity index (χ4v) is 3.48. The average molecular weight is 502 g/mol. The summed E-state index contributed by atoms with van der Waals surface area (Å²) in [7, 11) is 2.04. The van der Waals surface area contributed by atoms with Gasteiger partial charge in [0.1, 0.15) is 12.4 Å². The van der Waals surface area contributed by atoms with Gasteiger partial charge in [-0.1, -0.05) is 30.3 Å². The molecule has 152 valence electrons. The van der Waals surface area contributed by atoms with E-state index in [1.165, 1.54) is 16.5 Å². The Labute approximate surface area is 187 Å². The second-order valence-corrected chi connectivity index (χ2v) is 6.81. The van der Waals surface area contributed by atoms with Gasteiger partial charge >= 0.3 is 0 Å². The molecule has 3 N–H and O–H groups in total. The summed E-state index contributed by atoms with van der Waals surface area (Å²) in [5, 5.41) is 8.04. The number of halogens is 1. The minimum Gasteiger partial charge on any atom is -0.361 e. The number of fused-ring (bicyclic) bond motifs is 2. The molecule has 0 fully saturated rings. The fraction of sp³-hybridized carbons (Fsp3) is 0.273. The summed E-state index contributed by atoms with van der Waals surface area (Å²) in [5.41, 5.74) is 4.63. The second kappa shape index (κ2) is 9.78. The van der Waals surface area contributed by atoms with E-state index in [1.807, 2.05) is 25.2 Å². The Bertz CT molecular complexity index is 1110. The molecule has 2 aromatic heterocycles. The second-order valence-electron chi connectivity index (χ2n) is 6.81. The fourth-order valence-electron chi connectivity index (χ4n) is 3.48. The Hall–Kier alpha value is -2.55. The van der Waals surface area contributed by atoms with E-state index in [0.29, 0.717) is 6.54 Å². The number of imidazole rings is 1. The van der Waals surface area contributed by atoms with E-state index in [0.717, 1.165) is 42.3 Å². The third-order valence-electron chi connectivity index (χ3n) is 4.96. The SMILES string of the molecule is CCNC(=NCc1nc2ccccc2n1C)NCCc1c[nH]c2ccccc12.I. The van der Waals surface area contributed by atoms with Crippen LogP contribution in [0.25, 0.3) is 21.9 Å². The number of aliphatic imine (C=N–C) groups is 1. The molecule has 6 nitrogen and oxygen atoms in total. The lowest BCUT2D eigenvalue weighted by Gasteiger charge is -2.11. The van der Waals surface area contributed by atoms with Gasteiger partial charge in [0.15, 0.2) is 5.96 Å². The topological polar surface area (TPSA) is 70.0 Å². The first-order valence-electron chi connectivity index (χ1n) is 9.73. The highest BCUT2D eigenvalue weighted by Gasteiger charge is 2.07. The molecule has 2 aromatic carbocycles. The first-order chi connectivity index (χ1) is 13.8. The van der Waals surface area contributed by atoms with Crippen LogP contribution in [0.1, 0.15) is 18.3 Å². The molecule has 4 aromatic rings. The molecule has 0 atom stereocenters. The Morgan fingerprint density at radius 1 is 1.10 bits per heavy atom. The van der Waals surface area contributed by atoms with Crippen LogP contribution in [0.5, 0.6) is 0 Å². The maximum Gasteiger partial charge on any atom is 0.191 e. The van der Waals surface area contributed by atoms with Crippen molar-refractivity contribution in [1.29, 1.82) is 0 Å². The van der Waals surface area contributed by atoms with Crippen molar-refractivity contribution in [3.63, 3.8) is 0 Å². The highest BCUT2D eigenvalue weighted by molar-refractivity contribution is 14.0. The number of hydrogen-bond donors (Lipinski definition) is 3. The zero-order valence-corrected chi connectivity index (χ0v) is 19.1. The van der Waals surface area contributed by atoms with Crippen LogP contribution in [0.2, 0.25) is 0 Å². The number of rotatable bonds is 6. The molecular formula is C22H27IN6. The van der Waals surface area contributed by atoms with Gasteiger partial charge < -0.3 is 20.2 Å². The predicted octanol–water partition coefficient (Wildman–Crippen LogP) is 3.97. The van der Waals surface area contributed by atoms with Gasteiger partial charge in [-0.15, -0.1) is 24.0 Å². The van der Waals surface area contributed by atoms with Crippen molar-refractivity contribution in [3.8, 4) is 0 Å². The van der Waals surface area contributed by atoms with Crippen LogP contribution in [0.3, 0.4) is 0 Å². The number of aromatic nitrogens is 3. The molecule has 0 amide bonds. The molecule has 0 aliphatic rings.